The van der Waals surface area contributed by atoms with Crippen molar-refractivity contribution >= 4 is 39.5 Å². The minimum atomic E-state index is -1.13. The molecule has 0 bridgehead atoms. The molecular formula is C10H7BrN2O4. The van der Waals surface area contributed by atoms with E-state index < -0.39 is 17.9 Å². The summed E-state index contributed by atoms with van der Waals surface area (Å²) in [6, 6.07) is 3.62. The van der Waals surface area contributed by atoms with Crippen LogP contribution in [-0.2, 0) is 4.79 Å². The summed E-state index contributed by atoms with van der Waals surface area (Å²) in [4.78, 5) is 34.6. The number of nitrogens with one attached hydrogen (secondary N) is 1. The van der Waals surface area contributed by atoms with Crippen molar-refractivity contribution in [2.75, 3.05) is 11.4 Å². The van der Waals surface area contributed by atoms with Crippen LogP contribution in [0.5, 0.6) is 0 Å². The van der Waals surface area contributed by atoms with Crippen LogP contribution in [0.1, 0.15) is 10.4 Å². The normalized spacial score (nSPS) is 15.0. The maximum atomic E-state index is 11.5. The van der Waals surface area contributed by atoms with Crippen LogP contribution in [0.2, 0.25) is 0 Å². The summed E-state index contributed by atoms with van der Waals surface area (Å²) in [6.07, 6.45) is 0. The molecule has 2 N–H and O–H groups in total. The van der Waals surface area contributed by atoms with Crippen LogP contribution in [0.3, 0.4) is 0 Å². The number of imide groups is 1. The van der Waals surface area contributed by atoms with Gasteiger partial charge in [-0.2, -0.15) is 0 Å². The molecule has 0 saturated carbocycles. The molecule has 88 valence electrons. The maximum absolute atomic E-state index is 11.5. The summed E-state index contributed by atoms with van der Waals surface area (Å²) >= 11 is 3.14. The van der Waals surface area contributed by atoms with Gasteiger partial charge in [0.25, 0.3) is 5.91 Å². The zero-order chi connectivity index (χ0) is 12.6. The summed E-state index contributed by atoms with van der Waals surface area (Å²) in [6.45, 7) is -0.0756. The zero-order valence-electron chi connectivity index (χ0n) is 8.44. The number of halogens is 1. The largest absolute Gasteiger partial charge is 0.478 e. The highest BCUT2D eigenvalue weighted by Crippen LogP contribution is 2.24. The van der Waals surface area contributed by atoms with Crippen LogP contribution in [0.25, 0.3) is 0 Å². The Balaban J connectivity index is 2.48. The molecule has 7 heteroatoms. The molecule has 1 saturated heterocycles. The zero-order valence-corrected chi connectivity index (χ0v) is 10.0. The van der Waals surface area contributed by atoms with Crippen molar-refractivity contribution in [3.8, 4) is 0 Å². The molecule has 1 aliphatic rings. The summed E-state index contributed by atoms with van der Waals surface area (Å²) in [7, 11) is 0. The average molecular weight is 299 g/mol. The molecule has 3 amide bonds. The number of amides is 3. The molecule has 6 nitrogen and oxygen atoms in total. The van der Waals surface area contributed by atoms with Crippen molar-refractivity contribution < 1.29 is 19.5 Å². The Hall–Kier alpha value is -1.89. The highest BCUT2D eigenvalue weighted by atomic mass is 79.9. The van der Waals surface area contributed by atoms with Gasteiger partial charge in [-0.05, 0) is 18.2 Å². The van der Waals surface area contributed by atoms with E-state index in [4.69, 9.17) is 5.11 Å². The molecule has 2 rings (SSSR count). The number of hydrogen-bond donors (Lipinski definition) is 2. The van der Waals surface area contributed by atoms with Crippen molar-refractivity contribution in [1.82, 2.24) is 5.32 Å². The molecule has 0 atom stereocenters. The highest BCUT2D eigenvalue weighted by molar-refractivity contribution is 9.10. The van der Waals surface area contributed by atoms with E-state index in [1.54, 1.807) is 0 Å². The number of carbonyl (C=O) groups is 3. The molecule has 0 spiro atoms. The standard InChI is InChI=1S/C10H7BrN2O4/c11-6-1-5(9(15)16)2-7(3-6)13-8(14)4-12-10(13)17/h1-3H,4H2,(H,12,17)(H,15,16). The first-order chi connectivity index (χ1) is 7.99. The number of carboxylic acid groups (broad SMARTS) is 1. The number of urea groups is 1. The molecular weight excluding hydrogens is 292 g/mol. The molecule has 0 unspecified atom stereocenters. The number of benzene rings is 1. The Morgan fingerprint density at radius 1 is 1.35 bits per heavy atom. The van der Waals surface area contributed by atoms with Crippen molar-refractivity contribution in [2.45, 2.75) is 0 Å². The quantitative estimate of drug-likeness (QED) is 0.803. The Morgan fingerprint density at radius 2 is 2.06 bits per heavy atom. The van der Waals surface area contributed by atoms with Gasteiger partial charge in [0, 0.05) is 4.47 Å². The fraction of sp³-hybridized carbons (Fsp3) is 0.100. The van der Waals surface area contributed by atoms with Gasteiger partial charge in [0.15, 0.2) is 0 Å². The molecule has 1 aliphatic heterocycles. The molecule has 17 heavy (non-hydrogen) atoms. The van der Waals surface area contributed by atoms with Crippen molar-refractivity contribution in [1.29, 1.82) is 0 Å². The van der Waals surface area contributed by atoms with Crippen molar-refractivity contribution in [2.24, 2.45) is 0 Å². The second-order valence-corrected chi connectivity index (χ2v) is 4.31. The van der Waals surface area contributed by atoms with E-state index in [0.29, 0.717) is 4.47 Å². The summed E-state index contributed by atoms with van der Waals surface area (Å²) in [5.41, 5.74) is 0.235. The minimum Gasteiger partial charge on any atom is -0.478 e. The number of nitrogens with zero attached hydrogens (tertiary/aromatic N) is 1. The highest BCUT2D eigenvalue weighted by Gasteiger charge is 2.30. The predicted molar refractivity (Wildman–Crippen MR) is 62.0 cm³/mol. The average Bonchev–Trinajstić information content (AvgIpc) is 2.57. The van der Waals surface area contributed by atoms with E-state index in [1.165, 1.54) is 18.2 Å². The Kier molecular flexibility index (Phi) is 2.84. The lowest BCUT2D eigenvalue weighted by Gasteiger charge is -2.13. The molecule has 1 aromatic rings. The third-order valence-corrected chi connectivity index (χ3v) is 2.69. The SMILES string of the molecule is O=C(O)c1cc(Br)cc(N2C(=O)CNC2=O)c1. The number of rotatable bonds is 2. The van der Waals surface area contributed by atoms with Gasteiger partial charge in [-0.3, -0.25) is 4.79 Å². The second-order valence-electron chi connectivity index (χ2n) is 3.39. The lowest BCUT2D eigenvalue weighted by molar-refractivity contribution is -0.115. The van der Waals surface area contributed by atoms with E-state index >= 15 is 0 Å². The second kappa shape index (κ2) is 4.17. The first kappa shape index (κ1) is 11.6. The topological polar surface area (TPSA) is 86.7 Å². The smallest absolute Gasteiger partial charge is 0.335 e. The first-order valence-electron chi connectivity index (χ1n) is 4.63. The van der Waals surface area contributed by atoms with E-state index in [2.05, 4.69) is 21.2 Å². The molecule has 0 radical (unpaired) electrons. The van der Waals surface area contributed by atoms with Crippen LogP contribution in [0.4, 0.5) is 10.5 Å². The van der Waals surface area contributed by atoms with Crippen LogP contribution in [0, 0.1) is 0 Å². The summed E-state index contributed by atoms with van der Waals surface area (Å²) in [5.74, 6) is -1.54. The molecule has 1 fully saturated rings. The summed E-state index contributed by atoms with van der Waals surface area (Å²) in [5, 5.41) is 11.2. The van der Waals surface area contributed by atoms with E-state index in [0.717, 1.165) is 4.90 Å². The molecule has 1 aromatic carbocycles. The van der Waals surface area contributed by atoms with Gasteiger partial charge < -0.3 is 10.4 Å². The Labute approximate surface area is 104 Å². The van der Waals surface area contributed by atoms with Gasteiger partial charge in [-0.15, -0.1) is 0 Å². The monoisotopic (exact) mass is 298 g/mol. The first-order valence-corrected chi connectivity index (χ1v) is 5.43. The Bertz CT molecular complexity index is 513. The Morgan fingerprint density at radius 3 is 2.59 bits per heavy atom. The van der Waals surface area contributed by atoms with Gasteiger partial charge in [0.2, 0.25) is 0 Å². The number of carbonyl (C=O) groups excluding carboxylic acids is 2. The van der Waals surface area contributed by atoms with Gasteiger partial charge in [0.05, 0.1) is 17.8 Å². The van der Waals surface area contributed by atoms with Gasteiger partial charge in [-0.25, -0.2) is 14.5 Å². The van der Waals surface area contributed by atoms with E-state index in [-0.39, 0.29) is 17.8 Å². The number of anilines is 1. The number of hydrogen-bond acceptors (Lipinski definition) is 3. The van der Waals surface area contributed by atoms with Gasteiger partial charge >= 0.3 is 12.0 Å². The van der Waals surface area contributed by atoms with Crippen LogP contribution >= 0.6 is 15.9 Å². The number of aromatic carboxylic acids is 1. The summed E-state index contributed by atoms with van der Waals surface area (Å²) < 4.78 is 0.486. The van der Waals surface area contributed by atoms with Crippen LogP contribution < -0.4 is 10.2 Å². The lowest BCUT2D eigenvalue weighted by Crippen LogP contribution is -2.30. The maximum Gasteiger partial charge on any atom is 0.335 e. The fourth-order valence-corrected chi connectivity index (χ4v) is 1.99. The molecule has 0 aliphatic carbocycles. The van der Waals surface area contributed by atoms with Crippen LogP contribution in [-0.4, -0.2) is 29.6 Å². The van der Waals surface area contributed by atoms with E-state index in [1.807, 2.05) is 0 Å². The molecule has 1 heterocycles. The van der Waals surface area contributed by atoms with Gasteiger partial charge in [-0.1, -0.05) is 15.9 Å². The number of carboxylic acids is 1. The lowest BCUT2D eigenvalue weighted by atomic mass is 10.2. The van der Waals surface area contributed by atoms with E-state index in [9.17, 15) is 14.4 Å². The van der Waals surface area contributed by atoms with Gasteiger partial charge in [0.1, 0.15) is 0 Å². The molecule has 0 aromatic heterocycles. The third-order valence-electron chi connectivity index (χ3n) is 2.23. The fourth-order valence-electron chi connectivity index (χ4n) is 1.51. The third kappa shape index (κ3) is 2.14. The predicted octanol–water partition coefficient (Wildman–Crippen LogP) is 1.20. The van der Waals surface area contributed by atoms with Crippen molar-refractivity contribution in [3.63, 3.8) is 0 Å². The minimum absolute atomic E-state index is 0.00174. The van der Waals surface area contributed by atoms with Crippen molar-refractivity contribution in [3.05, 3.63) is 28.2 Å². The van der Waals surface area contributed by atoms with Crippen LogP contribution in [0.15, 0.2) is 22.7 Å².